The van der Waals surface area contributed by atoms with Crippen LogP contribution in [0.25, 0.3) is 11.0 Å². The zero-order valence-electron chi connectivity index (χ0n) is 12.3. The zero-order valence-corrected chi connectivity index (χ0v) is 13.1. The molecule has 5 nitrogen and oxygen atoms in total. The van der Waals surface area contributed by atoms with Crippen LogP contribution in [-0.2, 0) is 0 Å². The van der Waals surface area contributed by atoms with E-state index in [-0.39, 0.29) is 23.1 Å². The monoisotopic (exact) mass is 319 g/mol. The molecule has 1 saturated heterocycles. The van der Waals surface area contributed by atoms with Crippen LogP contribution in [0.1, 0.15) is 23.4 Å². The van der Waals surface area contributed by atoms with Gasteiger partial charge in [0, 0.05) is 18.2 Å². The van der Waals surface area contributed by atoms with Gasteiger partial charge in [0.2, 0.25) is 0 Å². The third kappa shape index (κ3) is 3.11. The maximum absolute atomic E-state index is 12.3. The summed E-state index contributed by atoms with van der Waals surface area (Å²) in [5.74, 6) is 2.38. The number of hydrogen-bond donors (Lipinski definition) is 1. The molecule has 0 spiro atoms. The Morgan fingerprint density at radius 2 is 2.09 bits per heavy atom. The van der Waals surface area contributed by atoms with E-state index in [9.17, 15) is 9.59 Å². The Kier molecular flexibility index (Phi) is 4.38. The topological polar surface area (TPSA) is 68.5 Å². The van der Waals surface area contributed by atoms with Gasteiger partial charge in [-0.25, -0.2) is 0 Å². The molecule has 1 N–H and O–H groups in total. The minimum atomic E-state index is -0.335. The first-order valence-electron chi connectivity index (χ1n) is 7.18. The Labute approximate surface area is 132 Å². The highest BCUT2D eigenvalue weighted by Crippen LogP contribution is 2.20. The van der Waals surface area contributed by atoms with Gasteiger partial charge in [-0.1, -0.05) is 0 Å². The standard InChI is InChI=1S/C16H17NO4S/c1-20-11-2-3-12-13(18)9-15(21-14(12)8-11)16(19)17-10-4-6-22-7-5-10/h2-3,8-10H,4-7H2,1H3,(H,17,19). The molecule has 22 heavy (non-hydrogen) atoms. The summed E-state index contributed by atoms with van der Waals surface area (Å²) < 4.78 is 10.7. The molecule has 6 heteroatoms. The predicted octanol–water partition coefficient (Wildman–Crippen LogP) is 2.43. The maximum Gasteiger partial charge on any atom is 0.287 e. The minimum absolute atomic E-state index is 0.0454. The molecule has 0 saturated carbocycles. The molecular formula is C16H17NO4S. The second-order valence-corrected chi connectivity index (χ2v) is 6.42. The molecule has 1 aromatic heterocycles. The quantitative estimate of drug-likeness (QED) is 0.941. The van der Waals surface area contributed by atoms with Crippen LogP contribution in [-0.4, -0.2) is 30.6 Å². The highest BCUT2D eigenvalue weighted by atomic mass is 32.2. The SMILES string of the molecule is COc1ccc2c(=O)cc(C(=O)NC3CCSCC3)oc2c1. The summed E-state index contributed by atoms with van der Waals surface area (Å²) in [6, 6.07) is 6.35. The van der Waals surface area contributed by atoms with Crippen molar-refractivity contribution in [2.45, 2.75) is 18.9 Å². The van der Waals surface area contributed by atoms with Crippen molar-refractivity contribution >= 4 is 28.6 Å². The molecule has 1 fully saturated rings. The lowest BCUT2D eigenvalue weighted by Gasteiger charge is -2.22. The highest BCUT2D eigenvalue weighted by Gasteiger charge is 2.19. The van der Waals surface area contributed by atoms with Crippen molar-refractivity contribution in [2.75, 3.05) is 18.6 Å². The number of methoxy groups -OCH3 is 1. The van der Waals surface area contributed by atoms with Gasteiger partial charge in [-0.2, -0.15) is 11.8 Å². The molecule has 3 rings (SSSR count). The van der Waals surface area contributed by atoms with E-state index in [1.54, 1.807) is 18.2 Å². The summed E-state index contributed by atoms with van der Waals surface area (Å²) in [7, 11) is 1.54. The number of rotatable bonds is 3. The summed E-state index contributed by atoms with van der Waals surface area (Å²) in [5, 5.41) is 3.38. The summed E-state index contributed by atoms with van der Waals surface area (Å²) in [6.07, 6.45) is 1.89. The fourth-order valence-corrected chi connectivity index (χ4v) is 3.58. The number of carbonyl (C=O) groups excluding carboxylic acids is 1. The Morgan fingerprint density at radius 1 is 1.32 bits per heavy atom. The first-order chi connectivity index (χ1) is 10.7. The number of amides is 1. The van der Waals surface area contributed by atoms with Crippen LogP contribution in [0, 0.1) is 0 Å². The third-order valence-corrected chi connectivity index (χ3v) is 4.77. The van der Waals surface area contributed by atoms with E-state index in [1.165, 1.54) is 13.2 Å². The van der Waals surface area contributed by atoms with Gasteiger partial charge < -0.3 is 14.5 Å². The van der Waals surface area contributed by atoms with E-state index in [2.05, 4.69) is 5.32 Å². The van der Waals surface area contributed by atoms with Gasteiger partial charge in [0.1, 0.15) is 11.3 Å². The minimum Gasteiger partial charge on any atom is -0.497 e. The van der Waals surface area contributed by atoms with E-state index in [0.717, 1.165) is 24.3 Å². The molecule has 1 aromatic carbocycles. The Bertz CT molecular complexity index is 749. The predicted molar refractivity (Wildman–Crippen MR) is 86.8 cm³/mol. The molecule has 116 valence electrons. The number of carbonyl (C=O) groups is 1. The Hall–Kier alpha value is -1.95. The fourth-order valence-electron chi connectivity index (χ4n) is 2.47. The Balaban J connectivity index is 1.89. The molecule has 0 radical (unpaired) electrons. The van der Waals surface area contributed by atoms with Crippen molar-refractivity contribution in [3.05, 3.63) is 40.2 Å². The molecule has 0 atom stereocenters. The lowest BCUT2D eigenvalue weighted by Crippen LogP contribution is -2.37. The van der Waals surface area contributed by atoms with E-state index in [1.807, 2.05) is 11.8 Å². The molecular weight excluding hydrogens is 302 g/mol. The van der Waals surface area contributed by atoms with Gasteiger partial charge in [-0.3, -0.25) is 9.59 Å². The second kappa shape index (κ2) is 6.44. The van der Waals surface area contributed by atoms with Crippen molar-refractivity contribution in [2.24, 2.45) is 0 Å². The molecule has 0 aliphatic carbocycles. The summed E-state index contributed by atoms with van der Waals surface area (Å²) in [4.78, 5) is 24.4. The number of benzene rings is 1. The van der Waals surface area contributed by atoms with Crippen LogP contribution in [0.3, 0.4) is 0 Å². The number of hydrogen-bond acceptors (Lipinski definition) is 5. The zero-order chi connectivity index (χ0) is 15.5. The van der Waals surface area contributed by atoms with Crippen LogP contribution < -0.4 is 15.5 Å². The molecule has 1 aliphatic heterocycles. The normalized spacial score (nSPS) is 15.7. The summed E-state index contributed by atoms with van der Waals surface area (Å²) in [6.45, 7) is 0. The van der Waals surface area contributed by atoms with E-state index in [4.69, 9.17) is 9.15 Å². The van der Waals surface area contributed by atoms with Crippen LogP contribution in [0.4, 0.5) is 0 Å². The van der Waals surface area contributed by atoms with Crippen molar-refractivity contribution < 1.29 is 13.9 Å². The van der Waals surface area contributed by atoms with Crippen LogP contribution in [0.5, 0.6) is 5.75 Å². The van der Waals surface area contributed by atoms with Gasteiger partial charge in [0.15, 0.2) is 11.2 Å². The lowest BCUT2D eigenvalue weighted by molar-refractivity contribution is 0.0907. The van der Waals surface area contributed by atoms with Gasteiger partial charge in [0.25, 0.3) is 5.91 Å². The average Bonchev–Trinajstić information content (AvgIpc) is 2.55. The second-order valence-electron chi connectivity index (χ2n) is 5.20. The third-order valence-electron chi connectivity index (χ3n) is 3.72. The molecule has 1 amide bonds. The van der Waals surface area contributed by atoms with Crippen LogP contribution in [0.2, 0.25) is 0 Å². The van der Waals surface area contributed by atoms with Gasteiger partial charge in [0.05, 0.1) is 12.5 Å². The molecule has 2 aromatic rings. The smallest absolute Gasteiger partial charge is 0.287 e. The van der Waals surface area contributed by atoms with Gasteiger partial charge >= 0.3 is 0 Å². The maximum atomic E-state index is 12.3. The lowest BCUT2D eigenvalue weighted by atomic mass is 10.1. The van der Waals surface area contributed by atoms with Crippen LogP contribution in [0.15, 0.2) is 33.5 Å². The number of nitrogens with one attached hydrogen (secondary N) is 1. The van der Waals surface area contributed by atoms with Crippen molar-refractivity contribution in [1.29, 1.82) is 0 Å². The molecule has 2 heterocycles. The average molecular weight is 319 g/mol. The van der Waals surface area contributed by atoms with Crippen LogP contribution >= 0.6 is 11.8 Å². The first kappa shape index (κ1) is 15.0. The fraction of sp³-hybridized carbons (Fsp3) is 0.375. The van der Waals surface area contributed by atoms with Gasteiger partial charge in [-0.15, -0.1) is 0 Å². The number of ether oxygens (including phenoxy) is 1. The van der Waals surface area contributed by atoms with Crippen molar-refractivity contribution in [3.8, 4) is 5.75 Å². The molecule has 0 bridgehead atoms. The number of thioether (sulfide) groups is 1. The molecule has 1 aliphatic rings. The van der Waals surface area contributed by atoms with Gasteiger partial charge in [-0.05, 0) is 36.5 Å². The largest absolute Gasteiger partial charge is 0.497 e. The summed E-state index contributed by atoms with van der Waals surface area (Å²) >= 11 is 1.89. The van der Waals surface area contributed by atoms with Crippen molar-refractivity contribution in [1.82, 2.24) is 5.32 Å². The first-order valence-corrected chi connectivity index (χ1v) is 8.33. The Morgan fingerprint density at radius 3 is 2.82 bits per heavy atom. The van der Waals surface area contributed by atoms with E-state index >= 15 is 0 Å². The van der Waals surface area contributed by atoms with Crippen molar-refractivity contribution in [3.63, 3.8) is 0 Å². The van der Waals surface area contributed by atoms with E-state index < -0.39 is 0 Å². The molecule has 0 unspecified atom stereocenters. The highest BCUT2D eigenvalue weighted by molar-refractivity contribution is 7.99. The van der Waals surface area contributed by atoms with E-state index in [0.29, 0.717) is 16.7 Å². The number of fused-ring (bicyclic) bond motifs is 1. The summed E-state index contributed by atoms with van der Waals surface area (Å²) in [5.41, 5.74) is 0.129.